The molecule has 1 aliphatic rings. The summed E-state index contributed by atoms with van der Waals surface area (Å²) in [5.41, 5.74) is 0. The van der Waals surface area contributed by atoms with Gasteiger partial charge in [-0.3, -0.25) is 0 Å². The fourth-order valence-electron chi connectivity index (χ4n) is 2.17. The molecule has 0 aromatic rings. The zero-order chi connectivity index (χ0) is 10.1. The maximum absolute atomic E-state index is 10.8. The Morgan fingerprint density at radius 2 is 2.08 bits per heavy atom. The molecule has 0 amide bonds. The summed E-state index contributed by atoms with van der Waals surface area (Å²) >= 11 is 0. The molecule has 0 radical (unpaired) electrons. The average molecular weight is 226 g/mol. The van der Waals surface area contributed by atoms with Gasteiger partial charge in [0, 0.05) is 16.7 Å². The average Bonchev–Trinajstić information content (AvgIpc) is 2.30. The standard InChI is InChI=1S/C8H16ClNO2S/c1-3-7-4-5-8(6(7)2)10-13(9,11)12/h6-8,10H,3-5H2,1-2H3. The van der Waals surface area contributed by atoms with Crippen LogP contribution < -0.4 is 4.72 Å². The van der Waals surface area contributed by atoms with E-state index in [2.05, 4.69) is 18.6 Å². The fourth-order valence-corrected chi connectivity index (χ4v) is 3.21. The largest absolute Gasteiger partial charge is 0.297 e. The van der Waals surface area contributed by atoms with E-state index in [9.17, 15) is 8.42 Å². The normalized spacial score (nSPS) is 35.2. The molecular formula is C8H16ClNO2S. The Balaban J connectivity index is 2.55. The summed E-state index contributed by atoms with van der Waals surface area (Å²) in [4.78, 5) is 0. The van der Waals surface area contributed by atoms with Crippen molar-refractivity contribution in [1.29, 1.82) is 0 Å². The zero-order valence-electron chi connectivity index (χ0n) is 7.96. The van der Waals surface area contributed by atoms with E-state index in [0.717, 1.165) is 19.3 Å². The Labute approximate surface area is 84.4 Å². The Kier molecular flexibility index (Phi) is 3.60. The van der Waals surface area contributed by atoms with Crippen LogP contribution in [0.25, 0.3) is 0 Å². The van der Waals surface area contributed by atoms with Crippen LogP contribution in [0.2, 0.25) is 0 Å². The van der Waals surface area contributed by atoms with Crippen LogP contribution in [-0.4, -0.2) is 14.5 Å². The first kappa shape index (κ1) is 11.3. The van der Waals surface area contributed by atoms with Crippen LogP contribution in [0, 0.1) is 11.8 Å². The van der Waals surface area contributed by atoms with E-state index in [1.54, 1.807) is 0 Å². The molecule has 78 valence electrons. The number of hydrogen-bond donors (Lipinski definition) is 1. The Bertz CT molecular complexity index is 265. The molecule has 0 saturated heterocycles. The third kappa shape index (κ3) is 3.11. The molecule has 3 nitrogen and oxygen atoms in total. The second kappa shape index (κ2) is 4.15. The lowest BCUT2D eigenvalue weighted by Gasteiger charge is -2.18. The second-order valence-corrected chi connectivity index (χ2v) is 6.10. The molecule has 0 bridgehead atoms. The molecule has 0 heterocycles. The molecule has 1 aliphatic carbocycles. The van der Waals surface area contributed by atoms with Gasteiger partial charge >= 0.3 is 0 Å². The van der Waals surface area contributed by atoms with Gasteiger partial charge < -0.3 is 0 Å². The van der Waals surface area contributed by atoms with Crippen molar-refractivity contribution in [3.8, 4) is 0 Å². The van der Waals surface area contributed by atoms with Crippen molar-refractivity contribution in [2.45, 2.75) is 39.2 Å². The van der Waals surface area contributed by atoms with Crippen LogP contribution in [0.1, 0.15) is 33.1 Å². The summed E-state index contributed by atoms with van der Waals surface area (Å²) in [6.45, 7) is 4.22. The first-order chi connectivity index (χ1) is 5.94. The summed E-state index contributed by atoms with van der Waals surface area (Å²) in [7, 11) is 1.58. The molecule has 0 aliphatic heterocycles. The number of nitrogens with one attached hydrogen (secondary N) is 1. The van der Waals surface area contributed by atoms with E-state index in [1.165, 1.54) is 0 Å². The minimum Gasteiger partial charge on any atom is -0.199 e. The van der Waals surface area contributed by atoms with Crippen molar-refractivity contribution in [3.05, 3.63) is 0 Å². The minimum atomic E-state index is -3.55. The quantitative estimate of drug-likeness (QED) is 0.746. The van der Waals surface area contributed by atoms with E-state index in [1.807, 2.05) is 0 Å². The van der Waals surface area contributed by atoms with Crippen LogP contribution >= 0.6 is 10.7 Å². The van der Waals surface area contributed by atoms with Gasteiger partial charge in [0.2, 0.25) is 0 Å². The molecule has 0 aromatic heterocycles. The zero-order valence-corrected chi connectivity index (χ0v) is 9.53. The second-order valence-electron chi connectivity index (χ2n) is 3.77. The summed E-state index contributed by atoms with van der Waals surface area (Å²) in [6.07, 6.45) is 3.12. The lowest BCUT2D eigenvalue weighted by Crippen LogP contribution is -2.34. The van der Waals surface area contributed by atoms with Crippen LogP contribution in [0.4, 0.5) is 0 Å². The van der Waals surface area contributed by atoms with Crippen molar-refractivity contribution in [3.63, 3.8) is 0 Å². The maximum atomic E-state index is 10.8. The first-order valence-corrected chi connectivity index (χ1v) is 6.97. The summed E-state index contributed by atoms with van der Waals surface area (Å²) in [5.74, 6) is 1.04. The highest BCUT2D eigenvalue weighted by molar-refractivity contribution is 8.12. The first-order valence-electron chi connectivity index (χ1n) is 4.66. The highest BCUT2D eigenvalue weighted by Crippen LogP contribution is 2.34. The van der Waals surface area contributed by atoms with Gasteiger partial charge in [-0.25, -0.2) is 0 Å². The molecule has 5 heteroatoms. The molecular weight excluding hydrogens is 210 g/mol. The lowest BCUT2D eigenvalue weighted by molar-refractivity contribution is 0.369. The lowest BCUT2D eigenvalue weighted by atomic mass is 9.94. The van der Waals surface area contributed by atoms with Gasteiger partial charge in [-0.05, 0) is 24.7 Å². The number of rotatable bonds is 3. The van der Waals surface area contributed by atoms with E-state index in [-0.39, 0.29) is 6.04 Å². The van der Waals surface area contributed by atoms with Gasteiger partial charge in [0.1, 0.15) is 0 Å². The van der Waals surface area contributed by atoms with Gasteiger partial charge in [-0.15, -0.1) is 0 Å². The molecule has 13 heavy (non-hydrogen) atoms. The topological polar surface area (TPSA) is 46.2 Å². The summed E-state index contributed by atoms with van der Waals surface area (Å²) in [5, 5.41) is 0. The van der Waals surface area contributed by atoms with E-state index >= 15 is 0 Å². The van der Waals surface area contributed by atoms with Crippen molar-refractivity contribution >= 4 is 19.9 Å². The monoisotopic (exact) mass is 225 g/mol. The predicted molar refractivity (Wildman–Crippen MR) is 53.9 cm³/mol. The van der Waals surface area contributed by atoms with Crippen LogP contribution in [0.15, 0.2) is 0 Å². The fraction of sp³-hybridized carbons (Fsp3) is 1.00. The highest BCUT2D eigenvalue weighted by Gasteiger charge is 2.33. The van der Waals surface area contributed by atoms with E-state index in [0.29, 0.717) is 11.8 Å². The molecule has 3 unspecified atom stereocenters. The molecule has 3 atom stereocenters. The third-order valence-electron chi connectivity index (χ3n) is 3.04. The van der Waals surface area contributed by atoms with E-state index in [4.69, 9.17) is 10.7 Å². The van der Waals surface area contributed by atoms with Crippen LogP contribution in [0.3, 0.4) is 0 Å². The van der Waals surface area contributed by atoms with Gasteiger partial charge in [0.25, 0.3) is 9.24 Å². The highest BCUT2D eigenvalue weighted by atomic mass is 35.7. The van der Waals surface area contributed by atoms with Crippen molar-refractivity contribution in [1.82, 2.24) is 4.72 Å². The Morgan fingerprint density at radius 3 is 2.46 bits per heavy atom. The SMILES string of the molecule is CCC1CCC(NS(=O)(=O)Cl)C1C. The molecule has 1 fully saturated rings. The minimum absolute atomic E-state index is 0.0347. The number of hydrogen-bond acceptors (Lipinski definition) is 2. The molecule has 1 saturated carbocycles. The van der Waals surface area contributed by atoms with Gasteiger partial charge in [-0.1, -0.05) is 20.3 Å². The molecule has 1 N–H and O–H groups in total. The van der Waals surface area contributed by atoms with Crippen LogP contribution in [-0.2, 0) is 9.24 Å². The molecule has 1 rings (SSSR count). The van der Waals surface area contributed by atoms with Crippen molar-refractivity contribution < 1.29 is 8.42 Å². The van der Waals surface area contributed by atoms with Gasteiger partial charge in [0.05, 0.1) is 0 Å². The smallest absolute Gasteiger partial charge is 0.199 e. The van der Waals surface area contributed by atoms with Gasteiger partial charge in [-0.2, -0.15) is 13.1 Å². The number of halogens is 1. The molecule has 0 spiro atoms. The predicted octanol–water partition coefficient (Wildman–Crippen LogP) is 1.88. The van der Waals surface area contributed by atoms with E-state index < -0.39 is 9.24 Å². The third-order valence-corrected chi connectivity index (χ3v) is 3.89. The summed E-state index contributed by atoms with van der Waals surface area (Å²) in [6, 6.07) is 0.0347. The Morgan fingerprint density at radius 1 is 1.46 bits per heavy atom. The van der Waals surface area contributed by atoms with Crippen LogP contribution in [0.5, 0.6) is 0 Å². The van der Waals surface area contributed by atoms with Crippen molar-refractivity contribution in [2.75, 3.05) is 0 Å². The maximum Gasteiger partial charge on any atom is 0.297 e. The molecule has 0 aromatic carbocycles. The van der Waals surface area contributed by atoms with Crippen molar-refractivity contribution in [2.24, 2.45) is 11.8 Å². The summed E-state index contributed by atoms with van der Waals surface area (Å²) < 4.78 is 24.0. The van der Waals surface area contributed by atoms with Gasteiger partial charge in [0.15, 0.2) is 0 Å². The Hall–Kier alpha value is 0.200.